The number of nitrogens with zero attached hydrogens (tertiary/aromatic N) is 3. The number of nitrogens with one attached hydrogen (secondary N) is 1. The Kier molecular flexibility index (Phi) is 10.0. The molecule has 1 amide bonds. The Morgan fingerprint density at radius 2 is 2.10 bits per heavy atom. The molecule has 120 valence electrons. The average Bonchev–Trinajstić information content (AvgIpc) is 2.46. The summed E-state index contributed by atoms with van der Waals surface area (Å²) in [5.74, 6) is 0.828. The van der Waals surface area contributed by atoms with Gasteiger partial charge in [-0.05, 0) is 31.9 Å². The monoisotopic (exact) mass is 335 g/mol. The van der Waals surface area contributed by atoms with Crippen LogP contribution in [0, 0.1) is 0 Å². The number of amides is 1. The molecule has 6 nitrogen and oxygen atoms in total. The van der Waals surface area contributed by atoms with Crippen LogP contribution in [0.3, 0.4) is 0 Å². The van der Waals surface area contributed by atoms with Gasteiger partial charge in [-0.15, -0.1) is 24.8 Å². The summed E-state index contributed by atoms with van der Waals surface area (Å²) in [4.78, 5) is 22.3. The smallest absolute Gasteiger partial charge is 0.225 e. The maximum Gasteiger partial charge on any atom is 0.225 e. The van der Waals surface area contributed by atoms with Crippen LogP contribution in [0.5, 0.6) is 0 Å². The van der Waals surface area contributed by atoms with Gasteiger partial charge in [0.1, 0.15) is 0 Å². The molecular formula is C13H23Cl2N5O. The lowest BCUT2D eigenvalue weighted by Crippen LogP contribution is -2.48. The van der Waals surface area contributed by atoms with Crippen LogP contribution in [0.4, 0.5) is 5.95 Å². The van der Waals surface area contributed by atoms with Gasteiger partial charge in [-0.1, -0.05) is 0 Å². The second-order valence-corrected chi connectivity index (χ2v) is 4.79. The molecule has 2 rings (SSSR count). The van der Waals surface area contributed by atoms with E-state index in [-0.39, 0.29) is 36.8 Å². The maximum atomic E-state index is 11.7. The van der Waals surface area contributed by atoms with E-state index in [0.29, 0.717) is 13.0 Å². The molecule has 3 N–H and O–H groups in total. The number of hydrogen-bond acceptors (Lipinski definition) is 5. The van der Waals surface area contributed by atoms with E-state index in [9.17, 15) is 4.79 Å². The van der Waals surface area contributed by atoms with Gasteiger partial charge < -0.3 is 16.0 Å². The molecule has 0 aliphatic carbocycles. The number of halogens is 2. The first-order valence-corrected chi connectivity index (χ1v) is 6.81. The van der Waals surface area contributed by atoms with Crippen molar-refractivity contribution in [3.8, 4) is 0 Å². The highest BCUT2D eigenvalue weighted by molar-refractivity contribution is 5.85. The van der Waals surface area contributed by atoms with Gasteiger partial charge in [-0.2, -0.15) is 0 Å². The number of piperidine rings is 1. The van der Waals surface area contributed by atoms with Crippen LogP contribution in [0.1, 0.15) is 25.7 Å². The Bertz CT molecular complexity index is 407. The third-order valence-electron chi connectivity index (χ3n) is 3.23. The fourth-order valence-electron chi connectivity index (χ4n) is 2.29. The molecule has 1 aromatic rings. The Balaban J connectivity index is 0.00000200. The second-order valence-electron chi connectivity index (χ2n) is 4.79. The first-order valence-electron chi connectivity index (χ1n) is 6.81. The lowest BCUT2D eigenvalue weighted by atomic mass is 10.1. The molecule has 1 aliphatic heterocycles. The molecule has 1 unspecified atom stereocenters. The van der Waals surface area contributed by atoms with E-state index in [2.05, 4.69) is 20.2 Å². The van der Waals surface area contributed by atoms with Gasteiger partial charge in [0.2, 0.25) is 11.9 Å². The van der Waals surface area contributed by atoms with Crippen molar-refractivity contribution in [1.82, 2.24) is 15.3 Å². The zero-order valence-electron chi connectivity index (χ0n) is 11.9. The summed E-state index contributed by atoms with van der Waals surface area (Å²) in [7, 11) is 0. The van der Waals surface area contributed by atoms with Crippen molar-refractivity contribution in [1.29, 1.82) is 0 Å². The molecule has 21 heavy (non-hydrogen) atoms. The lowest BCUT2D eigenvalue weighted by Gasteiger charge is -2.33. The van der Waals surface area contributed by atoms with Gasteiger partial charge in [0.05, 0.1) is 0 Å². The zero-order valence-corrected chi connectivity index (χ0v) is 13.5. The number of nitrogens with two attached hydrogens (primary N) is 1. The van der Waals surface area contributed by atoms with Gasteiger partial charge >= 0.3 is 0 Å². The van der Waals surface area contributed by atoms with Crippen LogP contribution < -0.4 is 16.0 Å². The standard InChI is InChI=1S/C13H21N5O.2ClH/c14-6-1-5-12(19)17-11-4-2-9-18(10-11)13-15-7-3-8-16-13;;/h3,7-8,11H,1-2,4-6,9-10,14H2,(H,17,19);2*1H. The van der Waals surface area contributed by atoms with Crippen molar-refractivity contribution >= 4 is 36.7 Å². The maximum absolute atomic E-state index is 11.7. The summed E-state index contributed by atoms with van der Waals surface area (Å²) in [6.07, 6.45) is 6.79. The second kappa shape index (κ2) is 10.6. The predicted molar refractivity (Wildman–Crippen MR) is 88.2 cm³/mol. The van der Waals surface area contributed by atoms with E-state index >= 15 is 0 Å². The molecule has 0 saturated carbocycles. The summed E-state index contributed by atoms with van der Waals surface area (Å²) in [5, 5.41) is 3.06. The SMILES string of the molecule is Cl.Cl.NCCCC(=O)NC1CCCN(c2ncccn2)C1. The number of carbonyl (C=O) groups is 1. The quantitative estimate of drug-likeness (QED) is 0.843. The summed E-state index contributed by atoms with van der Waals surface area (Å²) < 4.78 is 0. The normalized spacial score (nSPS) is 17.4. The zero-order chi connectivity index (χ0) is 13.5. The fourth-order valence-corrected chi connectivity index (χ4v) is 2.29. The first kappa shape index (κ1) is 19.9. The van der Waals surface area contributed by atoms with Crippen LogP contribution in [-0.4, -0.2) is 41.6 Å². The number of anilines is 1. The molecule has 0 spiro atoms. The molecule has 8 heteroatoms. The molecule has 2 heterocycles. The minimum Gasteiger partial charge on any atom is -0.352 e. The summed E-state index contributed by atoms with van der Waals surface area (Å²) in [6.45, 7) is 2.28. The number of hydrogen-bond donors (Lipinski definition) is 2. The summed E-state index contributed by atoms with van der Waals surface area (Å²) in [5.41, 5.74) is 5.40. The Labute approximate surface area is 137 Å². The van der Waals surface area contributed by atoms with Crippen LogP contribution >= 0.6 is 24.8 Å². The molecule has 0 radical (unpaired) electrons. The Morgan fingerprint density at radius 3 is 2.76 bits per heavy atom. The van der Waals surface area contributed by atoms with Gasteiger partial charge in [-0.3, -0.25) is 4.79 Å². The minimum absolute atomic E-state index is 0. The first-order chi connectivity index (χ1) is 9.29. The topological polar surface area (TPSA) is 84.1 Å². The molecule has 1 saturated heterocycles. The van der Waals surface area contributed by atoms with E-state index in [1.54, 1.807) is 18.5 Å². The average molecular weight is 336 g/mol. The number of carbonyl (C=O) groups excluding carboxylic acids is 1. The molecule has 1 aliphatic rings. The predicted octanol–water partition coefficient (Wildman–Crippen LogP) is 1.14. The minimum atomic E-state index is 0. The van der Waals surface area contributed by atoms with Crippen LogP contribution in [0.15, 0.2) is 18.5 Å². The highest BCUT2D eigenvalue weighted by atomic mass is 35.5. The van der Waals surface area contributed by atoms with Crippen molar-refractivity contribution in [2.24, 2.45) is 5.73 Å². The largest absolute Gasteiger partial charge is 0.352 e. The number of rotatable bonds is 5. The van der Waals surface area contributed by atoms with Crippen molar-refractivity contribution in [2.45, 2.75) is 31.7 Å². The van der Waals surface area contributed by atoms with Crippen LogP contribution in [0.2, 0.25) is 0 Å². The van der Waals surface area contributed by atoms with Crippen molar-refractivity contribution in [2.75, 3.05) is 24.5 Å². The number of aromatic nitrogens is 2. The highest BCUT2D eigenvalue weighted by Gasteiger charge is 2.22. The van der Waals surface area contributed by atoms with Gasteiger partial charge in [0.25, 0.3) is 0 Å². The molecule has 0 bridgehead atoms. The van der Waals surface area contributed by atoms with E-state index in [1.807, 2.05) is 0 Å². The van der Waals surface area contributed by atoms with Crippen LogP contribution in [0.25, 0.3) is 0 Å². The molecule has 1 fully saturated rings. The highest BCUT2D eigenvalue weighted by Crippen LogP contribution is 2.15. The third kappa shape index (κ3) is 6.46. The van der Waals surface area contributed by atoms with Gasteiger partial charge in [0.15, 0.2) is 0 Å². The Hall–Kier alpha value is -1.11. The molecule has 1 atom stereocenters. The van der Waals surface area contributed by atoms with Crippen molar-refractivity contribution in [3.05, 3.63) is 18.5 Å². The van der Waals surface area contributed by atoms with Crippen LogP contribution in [-0.2, 0) is 4.79 Å². The van der Waals surface area contributed by atoms with E-state index < -0.39 is 0 Å². The summed E-state index contributed by atoms with van der Waals surface area (Å²) in [6, 6.07) is 1.99. The molecule has 0 aromatic carbocycles. The van der Waals surface area contributed by atoms with Crippen molar-refractivity contribution in [3.63, 3.8) is 0 Å². The Morgan fingerprint density at radius 1 is 1.38 bits per heavy atom. The lowest BCUT2D eigenvalue weighted by molar-refractivity contribution is -0.121. The third-order valence-corrected chi connectivity index (χ3v) is 3.23. The summed E-state index contributed by atoms with van der Waals surface area (Å²) >= 11 is 0. The van der Waals surface area contributed by atoms with Crippen molar-refractivity contribution < 1.29 is 4.79 Å². The molecular weight excluding hydrogens is 313 g/mol. The molecule has 1 aromatic heterocycles. The van der Waals surface area contributed by atoms with Gasteiger partial charge in [-0.25, -0.2) is 9.97 Å². The van der Waals surface area contributed by atoms with E-state index in [0.717, 1.165) is 38.3 Å². The fraction of sp³-hybridized carbons (Fsp3) is 0.615. The van der Waals surface area contributed by atoms with E-state index in [4.69, 9.17) is 5.73 Å². The van der Waals surface area contributed by atoms with E-state index in [1.165, 1.54) is 0 Å². The van der Waals surface area contributed by atoms with Gasteiger partial charge in [0, 0.05) is 37.9 Å².